The molecule has 128 valence electrons. The van der Waals surface area contributed by atoms with Crippen LogP contribution in [0.4, 0.5) is 4.39 Å². The van der Waals surface area contributed by atoms with Gasteiger partial charge in [0.2, 0.25) is 0 Å². The predicted octanol–water partition coefficient (Wildman–Crippen LogP) is 2.13. The Kier molecular flexibility index (Phi) is 4.66. The molecule has 0 aliphatic carbocycles. The second kappa shape index (κ2) is 6.73. The molecular weight excluding hydrogens is 307 g/mol. The maximum Gasteiger partial charge on any atom is 0.257 e. The van der Waals surface area contributed by atoms with Gasteiger partial charge in [0.1, 0.15) is 5.82 Å². The van der Waals surface area contributed by atoms with Crippen LogP contribution in [0.25, 0.3) is 0 Å². The number of piperazine rings is 1. The van der Waals surface area contributed by atoms with Crippen LogP contribution in [0.5, 0.6) is 0 Å². The summed E-state index contributed by atoms with van der Waals surface area (Å²) in [6.45, 7) is 7.18. The first-order valence-corrected chi connectivity index (χ1v) is 8.22. The average Bonchev–Trinajstić information content (AvgIpc) is 2.82. The van der Waals surface area contributed by atoms with Gasteiger partial charge in [-0.25, -0.2) is 4.39 Å². The maximum atomic E-state index is 13.8. The van der Waals surface area contributed by atoms with E-state index in [4.69, 9.17) is 0 Å². The van der Waals surface area contributed by atoms with Crippen LogP contribution in [0, 0.1) is 19.7 Å². The molecule has 1 aliphatic heterocycles. The average molecular weight is 330 g/mol. The Balaban J connectivity index is 1.63. The van der Waals surface area contributed by atoms with Crippen LogP contribution in [0.15, 0.2) is 24.3 Å². The number of amides is 1. The fraction of sp³-hybridized carbons (Fsp3) is 0.444. The molecule has 2 aromatic rings. The van der Waals surface area contributed by atoms with E-state index in [1.54, 1.807) is 10.7 Å². The van der Waals surface area contributed by atoms with Gasteiger partial charge in [-0.1, -0.05) is 18.2 Å². The van der Waals surface area contributed by atoms with E-state index < -0.39 is 0 Å². The minimum Gasteiger partial charge on any atom is -0.336 e. The molecule has 1 aromatic carbocycles. The molecule has 0 saturated carbocycles. The molecule has 5 nitrogen and oxygen atoms in total. The third kappa shape index (κ3) is 3.19. The van der Waals surface area contributed by atoms with Crippen molar-refractivity contribution in [3.63, 3.8) is 0 Å². The highest BCUT2D eigenvalue weighted by Gasteiger charge is 2.26. The summed E-state index contributed by atoms with van der Waals surface area (Å²) < 4.78 is 15.5. The van der Waals surface area contributed by atoms with Gasteiger partial charge in [-0.05, 0) is 19.9 Å². The SMILES string of the molecule is Cc1nn(C)c(C)c1C(=O)N1CCN(Cc2ccccc2F)CC1. The smallest absolute Gasteiger partial charge is 0.257 e. The van der Waals surface area contributed by atoms with E-state index in [1.807, 2.05) is 37.9 Å². The van der Waals surface area contributed by atoms with Crippen molar-refractivity contribution in [1.82, 2.24) is 19.6 Å². The van der Waals surface area contributed by atoms with Crippen molar-refractivity contribution in [2.75, 3.05) is 26.2 Å². The van der Waals surface area contributed by atoms with Crippen molar-refractivity contribution in [2.24, 2.45) is 7.05 Å². The number of hydrogen-bond donors (Lipinski definition) is 0. The number of benzene rings is 1. The highest BCUT2D eigenvalue weighted by Crippen LogP contribution is 2.17. The minimum atomic E-state index is -0.169. The van der Waals surface area contributed by atoms with E-state index >= 15 is 0 Å². The number of aryl methyl sites for hydroxylation is 2. The van der Waals surface area contributed by atoms with Crippen molar-refractivity contribution in [2.45, 2.75) is 20.4 Å². The first-order valence-electron chi connectivity index (χ1n) is 8.22. The summed E-state index contributed by atoms with van der Waals surface area (Å²) in [7, 11) is 1.85. The second-order valence-electron chi connectivity index (χ2n) is 6.33. The van der Waals surface area contributed by atoms with Gasteiger partial charge in [0, 0.05) is 51.0 Å². The third-order valence-corrected chi connectivity index (χ3v) is 4.73. The van der Waals surface area contributed by atoms with Gasteiger partial charge in [0.25, 0.3) is 5.91 Å². The van der Waals surface area contributed by atoms with Gasteiger partial charge in [0.05, 0.1) is 11.3 Å². The van der Waals surface area contributed by atoms with Crippen LogP contribution in [0.1, 0.15) is 27.3 Å². The number of halogens is 1. The molecule has 0 unspecified atom stereocenters. The van der Waals surface area contributed by atoms with Gasteiger partial charge in [0.15, 0.2) is 0 Å². The number of hydrogen-bond acceptors (Lipinski definition) is 3. The third-order valence-electron chi connectivity index (χ3n) is 4.73. The van der Waals surface area contributed by atoms with E-state index in [-0.39, 0.29) is 11.7 Å². The molecule has 0 N–H and O–H groups in total. The van der Waals surface area contributed by atoms with Crippen molar-refractivity contribution >= 4 is 5.91 Å². The Hall–Kier alpha value is -2.21. The highest BCUT2D eigenvalue weighted by molar-refractivity contribution is 5.96. The number of carbonyl (C=O) groups excluding carboxylic acids is 1. The minimum absolute atomic E-state index is 0.0450. The summed E-state index contributed by atoms with van der Waals surface area (Å²) in [5.74, 6) is -0.124. The van der Waals surface area contributed by atoms with Crippen LogP contribution in [-0.2, 0) is 13.6 Å². The Bertz CT molecular complexity index is 747. The van der Waals surface area contributed by atoms with Crippen LogP contribution in [0.2, 0.25) is 0 Å². The van der Waals surface area contributed by atoms with Crippen molar-refractivity contribution in [3.8, 4) is 0 Å². The molecule has 0 spiro atoms. The lowest BCUT2D eigenvalue weighted by molar-refractivity contribution is 0.0625. The molecule has 0 atom stereocenters. The van der Waals surface area contributed by atoms with Gasteiger partial charge in [-0.2, -0.15) is 5.10 Å². The summed E-state index contributed by atoms with van der Waals surface area (Å²) >= 11 is 0. The van der Waals surface area contributed by atoms with Crippen LogP contribution >= 0.6 is 0 Å². The molecule has 1 aliphatic rings. The molecule has 1 amide bonds. The zero-order valence-electron chi connectivity index (χ0n) is 14.4. The molecule has 0 bridgehead atoms. The zero-order valence-corrected chi connectivity index (χ0v) is 14.4. The standard InChI is InChI=1S/C18H23FN4O/c1-13-17(14(2)21(3)20-13)18(24)23-10-8-22(9-11-23)12-15-6-4-5-7-16(15)19/h4-7H,8-12H2,1-3H3. The van der Waals surface area contributed by atoms with Gasteiger partial charge < -0.3 is 4.90 Å². The summed E-state index contributed by atoms with van der Waals surface area (Å²) in [4.78, 5) is 16.8. The summed E-state index contributed by atoms with van der Waals surface area (Å²) in [5, 5.41) is 4.32. The molecular formula is C18H23FN4O. The van der Waals surface area contributed by atoms with Gasteiger partial charge in [-0.15, -0.1) is 0 Å². The highest BCUT2D eigenvalue weighted by atomic mass is 19.1. The molecule has 1 aromatic heterocycles. The van der Waals surface area contributed by atoms with Gasteiger partial charge in [-0.3, -0.25) is 14.4 Å². The molecule has 6 heteroatoms. The largest absolute Gasteiger partial charge is 0.336 e. The van der Waals surface area contributed by atoms with Crippen LogP contribution < -0.4 is 0 Å². The number of rotatable bonds is 3. The molecule has 1 saturated heterocycles. The molecule has 24 heavy (non-hydrogen) atoms. The zero-order chi connectivity index (χ0) is 17.3. The summed E-state index contributed by atoms with van der Waals surface area (Å²) in [6, 6.07) is 6.86. The topological polar surface area (TPSA) is 41.4 Å². The Morgan fingerprint density at radius 2 is 1.83 bits per heavy atom. The number of aromatic nitrogens is 2. The van der Waals surface area contributed by atoms with Crippen LogP contribution in [0.3, 0.4) is 0 Å². The van der Waals surface area contributed by atoms with Crippen molar-refractivity contribution in [3.05, 3.63) is 52.6 Å². The molecule has 3 rings (SSSR count). The summed E-state index contributed by atoms with van der Waals surface area (Å²) in [5.41, 5.74) is 3.08. The quantitative estimate of drug-likeness (QED) is 0.866. The summed E-state index contributed by atoms with van der Waals surface area (Å²) in [6.07, 6.45) is 0. The van der Waals surface area contributed by atoms with Gasteiger partial charge >= 0.3 is 0 Å². The van der Waals surface area contributed by atoms with E-state index in [0.717, 1.165) is 24.5 Å². The fourth-order valence-electron chi connectivity index (χ4n) is 3.22. The monoisotopic (exact) mass is 330 g/mol. The number of carbonyl (C=O) groups is 1. The van der Waals surface area contributed by atoms with Crippen molar-refractivity contribution < 1.29 is 9.18 Å². The molecule has 0 radical (unpaired) electrons. The van der Waals surface area contributed by atoms with E-state index in [2.05, 4.69) is 10.00 Å². The normalized spacial score (nSPS) is 15.8. The predicted molar refractivity (Wildman–Crippen MR) is 90.3 cm³/mol. The molecule has 1 fully saturated rings. The maximum absolute atomic E-state index is 13.8. The fourth-order valence-corrected chi connectivity index (χ4v) is 3.22. The molecule has 2 heterocycles. The lowest BCUT2D eigenvalue weighted by Crippen LogP contribution is -2.48. The van der Waals surface area contributed by atoms with E-state index in [0.29, 0.717) is 30.8 Å². The second-order valence-corrected chi connectivity index (χ2v) is 6.33. The van der Waals surface area contributed by atoms with Crippen LogP contribution in [-0.4, -0.2) is 51.7 Å². The Labute approximate surface area is 141 Å². The Morgan fingerprint density at radius 1 is 1.17 bits per heavy atom. The first kappa shape index (κ1) is 16.6. The lowest BCUT2D eigenvalue weighted by atomic mass is 10.1. The lowest BCUT2D eigenvalue weighted by Gasteiger charge is -2.34. The van der Waals surface area contributed by atoms with E-state index in [1.165, 1.54) is 6.07 Å². The van der Waals surface area contributed by atoms with E-state index in [9.17, 15) is 9.18 Å². The number of nitrogens with zero attached hydrogens (tertiary/aromatic N) is 4. The Morgan fingerprint density at radius 3 is 2.42 bits per heavy atom. The van der Waals surface area contributed by atoms with Crippen molar-refractivity contribution in [1.29, 1.82) is 0 Å². The first-order chi connectivity index (χ1) is 11.5.